The lowest BCUT2D eigenvalue weighted by molar-refractivity contribution is 0.0951. The number of sulfonamides is 1. The lowest BCUT2D eigenvalue weighted by Crippen LogP contribution is -2.24. The quantitative estimate of drug-likeness (QED) is 0.574. The largest absolute Gasteiger partial charge is 0.348 e. The van der Waals surface area contributed by atoms with Crippen LogP contribution >= 0.6 is 11.3 Å². The van der Waals surface area contributed by atoms with Crippen LogP contribution in [-0.4, -0.2) is 33.3 Å². The van der Waals surface area contributed by atoms with Crippen molar-refractivity contribution in [1.29, 1.82) is 0 Å². The van der Waals surface area contributed by atoms with Gasteiger partial charge in [0, 0.05) is 24.3 Å². The van der Waals surface area contributed by atoms with Crippen LogP contribution in [-0.2, 0) is 23.1 Å². The van der Waals surface area contributed by atoms with Gasteiger partial charge in [-0.3, -0.25) is 9.52 Å². The summed E-state index contributed by atoms with van der Waals surface area (Å²) in [6.45, 7) is 1.22. The predicted octanol–water partition coefficient (Wildman–Crippen LogP) is 3.54. The van der Waals surface area contributed by atoms with E-state index in [0.717, 1.165) is 29.0 Å². The number of rotatable bonds is 8. The van der Waals surface area contributed by atoms with Crippen LogP contribution in [0, 0.1) is 0 Å². The lowest BCUT2D eigenvalue weighted by Gasteiger charge is -2.14. The Balaban J connectivity index is 1.63. The molecular weight excluding hydrogens is 406 g/mol. The van der Waals surface area contributed by atoms with E-state index in [1.165, 1.54) is 0 Å². The molecule has 0 aliphatic heterocycles. The van der Waals surface area contributed by atoms with Gasteiger partial charge >= 0.3 is 0 Å². The van der Waals surface area contributed by atoms with Gasteiger partial charge in [0.25, 0.3) is 15.9 Å². The molecule has 0 saturated carbocycles. The Hall–Kier alpha value is -2.68. The van der Waals surface area contributed by atoms with Crippen molar-refractivity contribution in [1.82, 2.24) is 10.2 Å². The molecule has 0 spiro atoms. The molecule has 1 heterocycles. The van der Waals surface area contributed by atoms with E-state index in [2.05, 4.69) is 21.0 Å². The molecule has 0 atom stereocenters. The van der Waals surface area contributed by atoms with Gasteiger partial charge in [0.2, 0.25) is 0 Å². The molecule has 3 aromatic rings. The van der Waals surface area contributed by atoms with Gasteiger partial charge in [0.15, 0.2) is 0 Å². The van der Waals surface area contributed by atoms with Crippen molar-refractivity contribution in [3.05, 3.63) is 82.7 Å². The van der Waals surface area contributed by atoms with E-state index in [0.29, 0.717) is 17.8 Å². The van der Waals surface area contributed by atoms with Crippen LogP contribution in [0.4, 0.5) is 5.69 Å². The normalized spacial score (nSPS) is 11.4. The van der Waals surface area contributed by atoms with Gasteiger partial charge in [-0.05, 0) is 60.9 Å². The van der Waals surface area contributed by atoms with Crippen LogP contribution in [0.1, 0.15) is 21.5 Å². The van der Waals surface area contributed by atoms with Gasteiger partial charge in [0.1, 0.15) is 4.21 Å². The first-order valence-corrected chi connectivity index (χ1v) is 11.4. The molecule has 0 radical (unpaired) electrons. The summed E-state index contributed by atoms with van der Waals surface area (Å²) in [6, 6.07) is 17.6. The van der Waals surface area contributed by atoms with E-state index in [9.17, 15) is 13.2 Å². The molecule has 0 aliphatic rings. The zero-order chi connectivity index (χ0) is 20.9. The molecule has 1 amide bonds. The Bertz CT molecular complexity index is 1060. The van der Waals surface area contributed by atoms with E-state index >= 15 is 0 Å². The molecule has 152 valence electrons. The smallest absolute Gasteiger partial charge is 0.271 e. The first kappa shape index (κ1) is 21.0. The van der Waals surface area contributed by atoms with Gasteiger partial charge in [-0.1, -0.05) is 30.3 Å². The third-order valence-corrected chi connectivity index (χ3v) is 6.98. The number of thiophene rings is 1. The minimum absolute atomic E-state index is 0.211. The van der Waals surface area contributed by atoms with E-state index in [1.54, 1.807) is 41.8 Å². The second kappa shape index (κ2) is 9.21. The maximum absolute atomic E-state index is 12.5. The third-order valence-electron chi connectivity index (χ3n) is 4.20. The second-order valence-electron chi connectivity index (χ2n) is 6.80. The minimum Gasteiger partial charge on any atom is -0.348 e. The average molecular weight is 430 g/mol. The van der Waals surface area contributed by atoms with Crippen LogP contribution in [0.25, 0.3) is 0 Å². The van der Waals surface area contributed by atoms with E-state index in [4.69, 9.17) is 0 Å². The SMILES string of the molecule is CN(C)Cc1ccccc1CNC(=O)c1ccc(NS(=O)(=O)c2cccs2)cc1. The number of benzene rings is 2. The number of hydrogen-bond donors (Lipinski definition) is 2. The molecule has 0 aliphatic carbocycles. The first-order chi connectivity index (χ1) is 13.8. The number of nitrogens with one attached hydrogen (secondary N) is 2. The highest BCUT2D eigenvalue weighted by atomic mass is 32.2. The number of carbonyl (C=O) groups excluding carboxylic acids is 1. The Morgan fingerprint density at radius 2 is 1.66 bits per heavy atom. The van der Waals surface area contributed by atoms with Crippen molar-refractivity contribution in [3.63, 3.8) is 0 Å². The standard InChI is InChI=1S/C21H23N3O3S2/c1-24(2)15-18-7-4-3-6-17(18)14-22-21(25)16-9-11-19(12-10-16)23-29(26,27)20-8-5-13-28-20/h3-13,23H,14-15H2,1-2H3,(H,22,25). The Morgan fingerprint density at radius 3 is 2.28 bits per heavy atom. The molecule has 0 unspecified atom stereocenters. The summed E-state index contributed by atoms with van der Waals surface area (Å²) >= 11 is 1.15. The zero-order valence-corrected chi connectivity index (χ0v) is 17.9. The number of hydrogen-bond acceptors (Lipinski definition) is 5. The van der Waals surface area contributed by atoms with Gasteiger partial charge in [0.05, 0.1) is 0 Å². The summed E-state index contributed by atoms with van der Waals surface area (Å²) in [7, 11) is 0.407. The van der Waals surface area contributed by atoms with Crippen LogP contribution in [0.5, 0.6) is 0 Å². The average Bonchev–Trinajstić information content (AvgIpc) is 3.23. The molecule has 1 aromatic heterocycles. The maximum Gasteiger partial charge on any atom is 0.271 e. The van der Waals surface area contributed by atoms with E-state index in [-0.39, 0.29) is 10.1 Å². The summed E-state index contributed by atoms with van der Waals surface area (Å²) in [5, 5.41) is 4.63. The molecule has 6 nitrogen and oxygen atoms in total. The fourth-order valence-corrected chi connectivity index (χ4v) is 4.87. The van der Waals surface area contributed by atoms with Crippen molar-refractivity contribution >= 4 is 33.0 Å². The van der Waals surface area contributed by atoms with Gasteiger partial charge in [-0.25, -0.2) is 8.42 Å². The van der Waals surface area contributed by atoms with Gasteiger partial charge in [-0.2, -0.15) is 0 Å². The molecule has 29 heavy (non-hydrogen) atoms. The van der Waals surface area contributed by atoms with Gasteiger partial charge < -0.3 is 10.2 Å². The first-order valence-electron chi connectivity index (χ1n) is 9.01. The Kier molecular flexibility index (Phi) is 6.68. The maximum atomic E-state index is 12.5. The summed E-state index contributed by atoms with van der Waals surface area (Å²) in [6.07, 6.45) is 0. The van der Waals surface area contributed by atoms with E-state index in [1.807, 2.05) is 32.3 Å². The van der Waals surface area contributed by atoms with Crippen molar-refractivity contribution in [2.45, 2.75) is 17.3 Å². The minimum atomic E-state index is -3.60. The fraction of sp³-hybridized carbons (Fsp3) is 0.190. The van der Waals surface area contributed by atoms with Crippen LogP contribution < -0.4 is 10.0 Å². The lowest BCUT2D eigenvalue weighted by atomic mass is 10.1. The second-order valence-corrected chi connectivity index (χ2v) is 9.66. The summed E-state index contributed by atoms with van der Waals surface area (Å²) in [5.74, 6) is -0.211. The Labute approximate surface area is 175 Å². The third kappa shape index (κ3) is 5.66. The van der Waals surface area contributed by atoms with E-state index < -0.39 is 10.0 Å². The molecule has 2 aromatic carbocycles. The number of amides is 1. The van der Waals surface area contributed by atoms with Crippen molar-refractivity contribution in [2.24, 2.45) is 0 Å². The molecule has 2 N–H and O–H groups in total. The molecule has 0 saturated heterocycles. The van der Waals surface area contributed by atoms with Crippen molar-refractivity contribution < 1.29 is 13.2 Å². The molecule has 0 bridgehead atoms. The number of anilines is 1. The van der Waals surface area contributed by atoms with Crippen LogP contribution in [0.3, 0.4) is 0 Å². The van der Waals surface area contributed by atoms with Crippen LogP contribution in [0.2, 0.25) is 0 Å². The highest BCUT2D eigenvalue weighted by Gasteiger charge is 2.15. The van der Waals surface area contributed by atoms with Crippen molar-refractivity contribution in [3.8, 4) is 0 Å². The predicted molar refractivity (Wildman–Crippen MR) is 117 cm³/mol. The highest BCUT2D eigenvalue weighted by molar-refractivity contribution is 7.94. The number of carbonyl (C=O) groups is 1. The highest BCUT2D eigenvalue weighted by Crippen LogP contribution is 2.20. The monoisotopic (exact) mass is 429 g/mol. The summed E-state index contributed by atoms with van der Waals surface area (Å²) in [4.78, 5) is 14.6. The topological polar surface area (TPSA) is 78.5 Å². The fourth-order valence-electron chi connectivity index (χ4n) is 2.81. The van der Waals surface area contributed by atoms with Gasteiger partial charge in [-0.15, -0.1) is 11.3 Å². The van der Waals surface area contributed by atoms with Crippen LogP contribution in [0.15, 0.2) is 70.3 Å². The zero-order valence-electron chi connectivity index (χ0n) is 16.3. The molecule has 3 rings (SSSR count). The van der Waals surface area contributed by atoms with Crippen molar-refractivity contribution in [2.75, 3.05) is 18.8 Å². The molecular formula is C21H23N3O3S2. The molecule has 8 heteroatoms. The Morgan fingerprint density at radius 1 is 0.966 bits per heavy atom. The number of nitrogens with zero attached hydrogens (tertiary/aromatic N) is 1. The molecule has 0 fully saturated rings. The summed E-state index contributed by atoms with van der Waals surface area (Å²) < 4.78 is 27.3. The summed E-state index contributed by atoms with van der Waals surface area (Å²) in [5.41, 5.74) is 3.10.